The number of benzene rings is 2. The zero-order valence-corrected chi connectivity index (χ0v) is 16.0. The minimum atomic E-state index is -0.548. The Bertz CT molecular complexity index is 1310. The van der Waals surface area contributed by atoms with E-state index in [0.717, 1.165) is 33.3 Å². The Kier molecular flexibility index (Phi) is 4.57. The number of aryl methyl sites for hydroxylation is 1. The van der Waals surface area contributed by atoms with Crippen molar-refractivity contribution in [1.82, 2.24) is 9.55 Å². The Morgan fingerprint density at radius 2 is 1.97 bits per heavy atom. The van der Waals surface area contributed by atoms with Gasteiger partial charge in [0.05, 0.1) is 5.56 Å². The van der Waals surface area contributed by atoms with E-state index in [1.54, 1.807) is 25.5 Å². The first-order valence-corrected chi connectivity index (χ1v) is 8.99. The SMILES string of the molecule is CN=Cc1cc(-c2cnc3c(ccn3C)c2-c2ccc(C#N)c(F)c2)ccc1N. The van der Waals surface area contributed by atoms with Gasteiger partial charge in [0.2, 0.25) is 0 Å². The summed E-state index contributed by atoms with van der Waals surface area (Å²) in [6.07, 6.45) is 5.41. The maximum atomic E-state index is 14.4. The van der Waals surface area contributed by atoms with Crippen LogP contribution in [0.5, 0.6) is 0 Å². The van der Waals surface area contributed by atoms with Crippen molar-refractivity contribution >= 4 is 22.9 Å². The lowest BCUT2D eigenvalue weighted by Crippen LogP contribution is -1.97. The van der Waals surface area contributed by atoms with Gasteiger partial charge in [0.25, 0.3) is 0 Å². The van der Waals surface area contributed by atoms with Crippen LogP contribution in [0.15, 0.2) is 59.9 Å². The second kappa shape index (κ2) is 7.21. The molecule has 0 aliphatic rings. The van der Waals surface area contributed by atoms with Gasteiger partial charge in [-0.05, 0) is 41.5 Å². The van der Waals surface area contributed by atoms with Crippen molar-refractivity contribution in [2.45, 2.75) is 0 Å². The molecule has 2 aromatic heterocycles. The van der Waals surface area contributed by atoms with E-state index < -0.39 is 5.82 Å². The summed E-state index contributed by atoms with van der Waals surface area (Å²) in [7, 11) is 3.60. The Morgan fingerprint density at radius 3 is 2.69 bits per heavy atom. The van der Waals surface area contributed by atoms with E-state index in [9.17, 15) is 4.39 Å². The third-order valence-corrected chi connectivity index (χ3v) is 4.94. The third kappa shape index (κ3) is 3.13. The Balaban J connectivity index is 2.04. The minimum Gasteiger partial charge on any atom is -0.398 e. The van der Waals surface area contributed by atoms with E-state index in [-0.39, 0.29) is 5.56 Å². The number of nitrogens with zero attached hydrogens (tertiary/aromatic N) is 4. The molecule has 0 saturated heterocycles. The molecule has 2 N–H and O–H groups in total. The zero-order valence-electron chi connectivity index (χ0n) is 16.0. The van der Waals surface area contributed by atoms with Crippen molar-refractivity contribution < 1.29 is 4.39 Å². The fraction of sp³-hybridized carbons (Fsp3) is 0.0870. The quantitative estimate of drug-likeness (QED) is 0.416. The zero-order chi connectivity index (χ0) is 20.5. The van der Waals surface area contributed by atoms with Gasteiger partial charge in [0.15, 0.2) is 0 Å². The summed E-state index contributed by atoms with van der Waals surface area (Å²) in [5, 5.41) is 9.97. The molecular formula is C23H18FN5. The predicted octanol–water partition coefficient (Wildman–Crippen LogP) is 4.55. The third-order valence-electron chi connectivity index (χ3n) is 4.94. The molecule has 0 fully saturated rings. The van der Waals surface area contributed by atoms with Crippen molar-refractivity contribution in [3.05, 3.63) is 71.8 Å². The van der Waals surface area contributed by atoms with Crippen LogP contribution in [0.25, 0.3) is 33.3 Å². The van der Waals surface area contributed by atoms with Crippen LogP contribution >= 0.6 is 0 Å². The summed E-state index contributed by atoms with van der Waals surface area (Å²) in [5.41, 5.74) is 11.6. The van der Waals surface area contributed by atoms with Gasteiger partial charge in [0.1, 0.15) is 17.5 Å². The van der Waals surface area contributed by atoms with Crippen molar-refractivity contribution in [3.8, 4) is 28.3 Å². The highest BCUT2D eigenvalue weighted by Gasteiger charge is 2.17. The summed E-state index contributed by atoms with van der Waals surface area (Å²) in [6, 6.07) is 14.2. The molecule has 142 valence electrons. The molecule has 6 heteroatoms. The number of pyridine rings is 1. The second-order valence-electron chi connectivity index (χ2n) is 6.75. The molecule has 0 bridgehead atoms. The normalized spacial score (nSPS) is 11.2. The van der Waals surface area contributed by atoms with Gasteiger partial charge in [-0.3, -0.25) is 4.99 Å². The highest BCUT2D eigenvalue weighted by Crippen LogP contribution is 2.38. The highest BCUT2D eigenvalue weighted by atomic mass is 19.1. The fourth-order valence-electron chi connectivity index (χ4n) is 3.50. The average Bonchev–Trinajstić information content (AvgIpc) is 3.10. The van der Waals surface area contributed by atoms with Crippen molar-refractivity contribution in [2.75, 3.05) is 12.8 Å². The summed E-state index contributed by atoms with van der Waals surface area (Å²) < 4.78 is 16.3. The molecule has 0 radical (unpaired) electrons. The Morgan fingerprint density at radius 1 is 1.17 bits per heavy atom. The number of hydrogen-bond acceptors (Lipinski definition) is 4. The van der Waals surface area contributed by atoms with Gasteiger partial charge in [0, 0.05) is 60.5 Å². The standard InChI is InChI=1S/C23H18FN5/c1-27-12-17-9-14(5-6-21(17)26)19-13-28-23-18(7-8-29(23)2)22(19)15-3-4-16(11-25)20(24)10-15/h3-10,12-13H,26H2,1-2H3. The lowest BCUT2D eigenvalue weighted by atomic mass is 9.92. The fourth-order valence-corrected chi connectivity index (χ4v) is 3.50. The maximum absolute atomic E-state index is 14.4. The first-order valence-electron chi connectivity index (χ1n) is 8.99. The van der Waals surface area contributed by atoms with Crippen LogP contribution in [-0.4, -0.2) is 22.8 Å². The number of nitrogen functional groups attached to an aromatic ring is 1. The molecule has 0 spiro atoms. The number of hydrogen-bond donors (Lipinski definition) is 1. The number of anilines is 1. The van der Waals surface area contributed by atoms with Gasteiger partial charge in [-0.1, -0.05) is 12.1 Å². The molecular weight excluding hydrogens is 365 g/mol. The first kappa shape index (κ1) is 18.4. The van der Waals surface area contributed by atoms with Crippen LogP contribution < -0.4 is 5.73 Å². The molecule has 0 unspecified atom stereocenters. The molecule has 0 saturated carbocycles. The molecule has 5 nitrogen and oxygen atoms in total. The second-order valence-corrected chi connectivity index (χ2v) is 6.75. The van der Waals surface area contributed by atoms with Crippen LogP contribution in [0.3, 0.4) is 0 Å². The van der Waals surface area contributed by atoms with Crippen LogP contribution in [0.1, 0.15) is 11.1 Å². The molecule has 0 amide bonds. The number of nitriles is 1. The Labute approximate surface area is 167 Å². The van der Waals surface area contributed by atoms with Gasteiger partial charge in [-0.15, -0.1) is 0 Å². The number of aliphatic imine (C=N–C) groups is 1. The monoisotopic (exact) mass is 383 g/mol. The van der Waals surface area contributed by atoms with E-state index in [1.165, 1.54) is 12.1 Å². The van der Waals surface area contributed by atoms with Crippen molar-refractivity contribution in [2.24, 2.45) is 12.0 Å². The smallest absolute Gasteiger partial charge is 0.141 e. The summed E-state index contributed by atoms with van der Waals surface area (Å²) in [5.74, 6) is -0.548. The first-order chi connectivity index (χ1) is 14.0. The van der Waals surface area contributed by atoms with E-state index in [2.05, 4.69) is 9.98 Å². The summed E-state index contributed by atoms with van der Waals surface area (Å²) >= 11 is 0. The molecule has 0 aliphatic heterocycles. The number of halogens is 1. The van der Waals surface area contributed by atoms with Crippen LogP contribution in [0.4, 0.5) is 10.1 Å². The lowest BCUT2D eigenvalue weighted by molar-refractivity contribution is 0.624. The lowest BCUT2D eigenvalue weighted by Gasteiger charge is -2.14. The molecule has 4 rings (SSSR count). The molecule has 2 aromatic carbocycles. The molecule has 0 aliphatic carbocycles. The minimum absolute atomic E-state index is 0.0163. The van der Waals surface area contributed by atoms with E-state index in [4.69, 9.17) is 11.0 Å². The van der Waals surface area contributed by atoms with E-state index in [0.29, 0.717) is 11.3 Å². The van der Waals surface area contributed by atoms with Crippen molar-refractivity contribution in [1.29, 1.82) is 5.26 Å². The number of aromatic nitrogens is 2. The van der Waals surface area contributed by atoms with Gasteiger partial charge in [-0.25, -0.2) is 9.37 Å². The van der Waals surface area contributed by atoms with Gasteiger partial charge >= 0.3 is 0 Å². The molecule has 4 aromatic rings. The van der Waals surface area contributed by atoms with E-state index >= 15 is 0 Å². The topological polar surface area (TPSA) is 80.0 Å². The molecule has 0 atom stereocenters. The number of fused-ring (bicyclic) bond motifs is 1. The average molecular weight is 383 g/mol. The van der Waals surface area contributed by atoms with Crippen LogP contribution in [-0.2, 0) is 7.05 Å². The Hall–Kier alpha value is -3.98. The van der Waals surface area contributed by atoms with Crippen LogP contribution in [0.2, 0.25) is 0 Å². The maximum Gasteiger partial charge on any atom is 0.141 e. The summed E-state index contributed by atoms with van der Waals surface area (Å²) in [6.45, 7) is 0. The number of nitrogens with two attached hydrogens (primary N) is 1. The highest BCUT2D eigenvalue weighted by molar-refractivity contribution is 6.02. The van der Waals surface area contributed by atoms with E-state index in [1.807, 2.05) is 48.1 Å². The largest absolute Gasteiger partial charge is 0.398 e. The number of rotatable bonds is 3. The molecule has 2 heterocycles. The van der Waals surface area contributed by atoms with Crippen LogP contribution in [0, 0.1) is 17.1 Å². The van der Waals surface area contributed by atoms with Gasteiger partial charge in [-0.2, -0.15) is 5.26 Å². The van der Waals surface area contributed by atoms with Gasteiger partial charge < -0.3 is 10.3 Å². The molecule has 29 heavy (non-hydrogen) atoms. The predicted molar refractivity (Wildman–Crippen MR) is 114 cm³/mol. The summed E-state index contributed by atoms with van der Waals surface area (Å²) in [4.78, 5) is 8.67. The van der Waals surface area contributed by atoms with Crippen molar-refractivity contribution in [3.63, 3.8) is 0 Å².